The Hall–Kier alpha value is -3.20. The monoisotopic (exact) mass is 502 g/mol. The SMILES string of the molecule is O=C(Nc1ncc(Cl)s1)c1cc(Oc2ccccc2)cc(Oc2ccc(P(=O)(O)O)cc2)c1. The van der Waals surface area contributed by atoms with Gasteiger partial charge in [-0.25, -0.2) is 4.98 Å². The van der Waals surface area contributed by atoms with Crippen LogP contribution < -0.4 is 20.1 Å². The van der Waals surface area contributed by atoms with Crippen molar-refractivity contribution in [3.8, 4) is 23.0 Å². The molecule has 0 aliphatic rings. The molecule has 1 aromatic heterocycles. The maximum absolute atomic E-state index is 12.8. The number of nitrogens with zero attached hydrogens (tertiary/aromatic N) is 1. The summed E-state index contributed by atoms with van der Waals surface area (Å²) in [5, 5.41) is 2.89. The van der Waals surface area contributed by atoms with Crippen LogP contribution in [0.2, 0.25) is 4.34 Å². The molecule has 4 aromatic rings. The lowest BCUT2D eigenvalue weighted by Crippen LogP contribution is -2.12. The molecule has 3 N–H and O–H groups in total. The van der Waals surface area contributed by atoms with Crippen molar-refractivity contribution >= 4 is 46.9 Å². The molecule has 0 aliphatic heterocycles. The number of hydrogen-bond acceptors (Lipinski definition) is 6. The number of para-hydroxylation sites is 1. The first-order valence-electron chi connectivity index (χ1n) is 9.41. The maximum atomic E-state index is 12.8. The first kappa shape index (κ1) is 23.0. The molecule has 4 rings (SSSR count). The Bertz CT molecular complexity index is 1320. The van der Waals surface area contributed by atoms with Crippen LogP contribution in [-0.2, 0) is 4.57 Å². The molecule has 0 saturated carbocycles. The number of thiazole rings is 1. The van der Waals surface area contributed by atoms with Gasteiger partial charge < -0.3 is 19.3 Å². The number of aromatic nitrogens is 1. The van der Waals surface area contributed by atoms with Crippen LogP contribution in [0.3, 0.4) is 0 Å². The number of nitrogens with one attached hydrogen (secondary N) is 1. The average molecular weight is 503 g/mol. The quantitative estimate of drug-likeness (QED) is 0.288. The summed E-state index contributed by atoms with van der Waals surface area (Å²) in [4.78, 5) is 35.3. The predicted molar refractivity (Wildman–Crippen MR) is 126 cm³/mol. The maximum Gasteiger partial charge on any atom is 0.356 e. The van der Waals surface area contributed by atoms with Crippen molar-refractivity contribution in [1.29, 1.82) is 0 Å². The number of halogens is 1. The molecule has 0 radical (unpaired) electrons. The largest absolute Gasteiger partial charge is 0.457 e. The minimum absolute atomic E-state index is 0.127. The van der Waals surface area contributed by atoms with E-state index in [-0.39, 0.29) is 16.6 Å². The van der Waals surface area contributed by atoms with Gasteiger partial charge >= 0.3 is 7.60 Å². The molecular formula is C22H16ClN2O6PS. The zero-order valence-corrected chi connectivity index (χ0v) is 19.2. The van der Waals surface area contributed by atoms with Crippen molar-refractivity contribution in [2.75, 3.05) is 5.32 Å². The summed E-state index contributed by atoms with van der Waals surface area (Å²) < 4.78 is 23.5. The van der Waals surface area contributed by atoms with E-state index in [4.69, 9.17) is 21.1 Å². The van der Waals surface area contributed by atoms with Crippen molar-refractivity contribution in [1.82, 2.24) is 4.98 Å². The number of ether oxygens (including phenoxy) is 2. The number of anilines is 1. The number of benzene rings is 3. The van der Waals surface area contributed by atoms with E-state index in [1.807, 2.05) is 18.2 Å². The summed E-state index contributed by atoms with van der Waals surface area (Å²) in [6.45, 7) is 0. The Morgan fingerprint density at radius 1 is 0.909 bits per heavy atom. The Kier molecular flexibility index (Phi) is 6.78. The molecule has 0 saturated heterocycles. The smallest absolute Gasteiger partial charge is 0.356 e. The highest BCUT2D eigenvalue weighted by Crippen LogP contribution is 2.35. The van der Waals surface area contributed by atoms with E-state index < -0.39 is 13.5 Å². The topological polar surface area (TPSA) is 118 Å². The molecule has 11 heteroatoms. The second-order valence-corrected chi connectivity index (χ2v) is 9.94. The van der Waals surface area contributed by atoms with E-state index in [9.17, 15) is 19.1 Å². The molecular weight excluding hydrogens is 487 g/mol. The summed E-state index contributed by atoms with van der Waals surface area (Å²) in [6, 6.07) is 19.1. The molecule has 0 bridgehead atoms. The van der Waals surface area contributed by atoms with Crippen molar-refractivity contribution in [3.63, 3.8) is 0 Å². The van der Waals surface area contributed by atoms with Gasteiger partial charge in [0.1, 0.15) is 27.3 Å². The van der Waals surface area contributed by atoms with Gasteiger partial charge in [-0.05, 0) is 48.5 Å². The number of carbonyl (C=O) groups excluding carboxylic acids is 1. The van der Waals surface area contributed by atoms with Gasteiger partial charge in [-0.15, -0.1) is 0 Å². The van der Waals surface area contributed by atoms with Crippen LogP contribution in [-0.4, -0.2) is 20.7 Å². The number of carbonyl (C=O) groups is 1. The average Bonchev–Trinajstić information content (AvgIpc) is 3.18. The zero-order chi connectivity index (χ0) is 23.4. The molecule has 0 aliphatic carbocycles. The normalized spacial score (nSPS) is 11.1. The minimum Gasteiger partial charge on any atom is -0.457 e. The highest BCUT2D eigenvalue weighted by molar-refractivity contribution is 7.60. The number of amides is 1. The fraction of sp³-hybridized carbons (Fsp3) is 0. The molecule has 168 valence electrons. The van der Waals surface area contributed by atoms with Gasteiger partial charge in [-0.3, -0.25) is 14.7 Å². The van der Waals surface area contributed by atoms with Crippen LogP contribution in [0.4, 0.5) is 5.13 Å². The molecule has 0 atom stereocenters. The van der Waals surface area contributed by atoms with Gasteiger partial charge in [0, 0.05) is 11.6 Å². The summed E-state index contributed by atoms with van der Waals surface area (Å²) in [5.41, 5.74) is 0.247. The second-order valence-electron chi connectivity index (χ2n) is 6.67. The van der Waals surface area contributed by atoms with Crippen LogP contribution in [0.1, 0.15) is 10.4 Å². The third-order valence-corrected chi connectivity index (χ3v) is 6.23. The van der Waals surface area contributed by atoms with Crippen LogP contribution >= 0.6 is 30.5 Å². The fourth-order valence-corrected chi connectivity index (χ4v) is 4.12. The Morgan fingerprint density at radius 2 is 1.52 bits per heavy atom. The Morgan fingerprint density at radius 3 is 2.06 bits per heavy atom. The van der Waals surface area contributed by atoms with Crippen molar-refractivity contribution in [3.05, 3.63) is 88.9 Å². The van der Waals surface area contributed by atoms with Crippen molar-refractivity contribution < 1.29 is 28.6 Å². The molecule has 8 nitrogen and oxygen atoms in total. The molecule has 1 heterocycles. The highest BCUT2D eigenvalue weighted by Gasteiger charge is 2.17. The lowest BCUT2D eigenvalue weighted by Gasteiger charge is -2.12. The number of hydrogen-bond donors (Lipinski definition) is 3. The summed E-state index contributed by atoms with van der Waals surface area (Å²) in [7, 11) is -4.36. The van der Waals surface area contributed by atoms with Crippen LogP contribution in [0.25, 0.3) is 0 Å². The van der Waals surface area contributed by atoms with E-state index in [0.717, 1.165) is 11.3 Å². The fourth-order valence-electron chi connectivity index (χ4n) is 2.77. The van der Waals surface area contributed by atoms with Gasteiger partial charge in [0.25, 0.3) is 5.91 Å². The van der Waals surface area contributed by atoms with E-state index in [0.29, 0.717) is 26.7 Å². The van der Waals surface area contributed by atoms with Crippen LogP contribution in [0.15, 0.2) is 79.0 Å². The summed E-state index contributed by atoms with van der Waals surface area (Å²) in [6.07, 6.45) is 1.44. The molecule has 3 aromatic carbocycles. The highest BCUT2D eigenvalue weighted by atomic mass is 35.5. The van der Waals surface area contributed by atoms with Gasteiger partial charge in [0.15, 0.2) is 5.13 Å². The predicted octanol–water partition coefficient (Wildman–Crippen LogP) is 5.44. The van der Waals surface area contributed by atoms with Gasteiger partial charge in [-0.2, -0.15) is 0 Å². The second kappa shape index (κ2) is 9.74. The third-order valence-electron chi connectivity index (χ3n) is 4.23. The molecule has 0 spiro atoms. The first-order chi connectivity index (χ1) is 15.8. The molecule has 1 amide bonds. The van der Waals surface area contributed by atoms with E-state index in [2.05, 4.69) is 10.3 Å². The van der Waals surface area contributed by atoms with Crippen molar-refractivity contribution in [2.45, 2.75) is 0 Å². The lowest BCUT2D eigenvalue weighted by atomic mass is 10.2. The van der Waals surface area contributed by atoms with Crippen LogP contribution in [0.5, 0.6) is 23.0 Å². The van der Waals surface area contributed by atoms with Gasteiger partial charge in [0.05, 0.1) is 11.5 Å². The molecule has 0 unspecified atom stereocenters. The minimum atomic E-state index is -4.36. The molecule has 33 heavy (non-hydrogen) atoms. The Labute approximate surface area is 197 Å². The molecule has 0 fully saturated rings. The summed E-state index contributed by atoms with van der Waals surface area (Å²) >= 11 is 7.00. The zero-order valence-electron chi connectivity index (χ0n) is 16.7. The third kappa shape index (κ3) is 6.19. The Balaban J connectivity index is 1.63. The standard InChI is InChI=1S/C22H16ClN2O6PS/c23-20-13-24-22(33-20)25-21(26)14-10-17(30-15-4-2-1-3-5-15)12-18(11-14)31-16-6-8-19(9-7-16)32(27,28)29/h1-13H,(H,24,25,26)(H2,27,28,29). The lowest BCUT2D eigenvalue weighted by molar-refractivity contribution is 0.102. The van der Waals surface area contributed by atoms with E-state index in [1.54, 1.807) is 24.3 Å². The van der Waals surface area contributed by atoms with Crippen molar-refractivity contribution in [2.24, 2.45) is 0 Å². The van der Waals surface area contributed by atoms with Gasteiger partial charge in [0.2, 0.25) is 0 Å². The van der Waals surface area contributed by atoms with Gasteiger partial charge in [-0.1, -0.05) is 41.1 Å². The van der Waals surface area contributed by atoms with E-state index in [1.165, 1.54) is 36.5 Å². The van der Waals surface area contributed by atoms with Crippen LogP contribution in [0, 0.1) is 0 Å². The van der Waals surface area contributed by atoms with E-state index >= 15 is 0 Å². The first-order valence-corrected chi connectivity index (χ1v) is 12.2. The number of rotatable bonds is 7. The summed E-state index contributed by atoms with van der Waals surface area (Å²) in [5.74, 6) is 1.09.